The molecule has 0 unspecified atom stereocenters. The highest BCUT2D eigenvalue weighted by Gasteiger charge is 2.18. The second-order valence-corrected chi connectivity index (χ2v) is 3.86. The molecule has 19 heavy (non-hydrogen) atoms. The van der Waals surface area contributed by atoms with Gasteiger partial charge in [-0.25, -0.2) is 9.59 Å². The molecule has 0 bridgehead atoms. The van der Waals surface area contributed by atoms with E-state index >= 15 is 0 Å². The number of aromatic nitrogens is 1. The van der Waals surface area contributed by atoms with Gasteiger partial charge in [-0.1, -0.05) is 13.0 Å². The number of rotatable bonds is 6. The summed E-state index contributed by atoms with van der Waals surface area (Å²) in [5, 5.41) is 22.1. The Labute approximate surface area is 110 Å². The van der Waals surface area contributed by atoms with Crippen molar-refractivity contribution >= 4 is 12.0 Å². The lowest BCUT2D eigenvalue weighted by atomic mass is 10.1. The maximum atomic E-state index is 11.5. The molecule has 7 heteroatoms. The second kappa shape index (κ2) is 7.32. The van der Waals surface area contributed by atoms with Crippen molar-refractivity contribution in [1.82, 2.24) is 15.6 Å². The van der Waals surface area contributed by atoms with E-state index in [1.807, 2.05) is 19.1 Å². The zero-order chi connectivity index (χ0) is 14.3. The average molecular weight is 267 g/mol. The summed E-state index contributed by atoms with van der Waals surface area (Å²) < 4.78 is 0. The number of aliphatic carboxylic acids is 1. The summed E-state index contributed by atoms with van der Waals surface area (Å²) in [6.07, 6.45) is 2.42. The molecule has 0 aliphatic heterocycles. The van der Waals surface area contributed by atoms with E-state index in [0.29, 0.717) is 0 Å². The van der Waals surface area contributed by atoms with Crippen LogP contribution >= 0.6 is 0 Å². The van der Waals surface area contributed by atoms with Gasteiger partial charge in [-0.15, -0.1) is 0 Å². The van der Waals surface area contributed by atoms with Crippen LogP contribution in [0.15, 0.2) is 18.3 Å². The molecule has 2 amide bonds. The molecule has 1 atom stereocenters. The van der Waals surface area contributed by atoms with E-state index < -0.39 is 24.6 Å². The number of nitrogens with one attached hydrogen (secondary N) is 2. The lowest BCUT2D eigenvalue weighted by Gasteiger charge is -2.13. The minimum absolute atomic E-state index is 0.202. The van der Waals surface area contributed by atoms with Crippen molar-refractivity contribution in [2.24, 2.45) is 0 Å². The number of aryl methyl sites for hydroxylation is 1. The zero-order valence-electron chi connectivity index (χ0n) is 10.6. The third kappa shape index (κ3) is 4.55. The van der Waals surface area contributed by atoms with Crippen molar-refractivity contribution in [2.45, 2.75) is 25.9 Å². The summed E-state index contributed by atoms with van der Waals surface area (Å²) >= 11 is 0. The Bertz CT molecular complexity index is 450. The predicted octanol–water partition coefficient (Wildman–Crippen LogP) is -0.111. The van der Waals surface area contributed by atoms with Crippen molar-refractivity contribution in [3.8, 4) is 0 Å². The molecule has 4 N–H and O–H groups in total. The maximum absolute atomic E-state index is 11.5. The van der Waals surface area contributed by atoms with Gasteiger partial charge in [0.15, 0.2) is 6.04 Å². The lowest BCUT2D eigenvalue weighted by Crippen LogP contribution is -2.47. The van der Waals surface area contributed by atoms with Crippen LogP contribution in [-0.2, 0) is 17.8 Å². The highest BCUT2D eigenvalue weighted by atomic mass is 16.4. The topological polar surface area (TPSA) is 112 Å². The Kier molecular flexibility index (Phi) is 5.74. The van der Waals surface area contributed by atoms with E-state index in [-0.39, 0.29) is 6.54 Å². The Hall–Kier alpha value is -2.15. The van der Waals surface area contributed by atoms with Crippen LogP contribution in [0.25, 0.3) is 0 Å². The molecule has 0 radical (unpaired) electrons. The normalized spacial score (nSPS) is 11.7. The average Bonchev–Trinajstić information content (AvgIpc) is 2.42. The zero-order valence-corrected chi connectivity index (χ0v) is 10.6. The molecular formula is C12H17N3O4. The highest BCUT2D eigenvalue weighted by molar-refractivity contribution is 5.82. The van der Waals surface area contributed by atoms with Crippen LogP contribution in [0.2, 0.25) is 0 Å². The van der Waals surface area contributed by atoms with Gasteiger partial charge in [0, 0.05) is 6.20 Å². The van der Waals surface area contributed by atoms with Gasteiger partial charge in [-0.2, -0.15) is 0 Å². The van der Waals surface area contributed by atoms with Gasteiger partial charge in [0.1, 0.15) is 0 Å². The van der Waals surface area contributed by atoms with Crippen molar-refractivity contribution in [3.63, 3.8) is 0 Å². The van der Waals surface area contributed by atoms with E-state index in [1.54, 1.807) is 6.20 Å². The first-order chi connectivity index (χ1) is 9.08. The molecule has 104 valence electrons. The largest absolute Gasteiger partial charge is 0.480 e. The summed E-state index contributed by atoms with van der Waals surface area (Å²) in [7, 11) is 0. The summed E-state index contributed by atoms with van der Waals surface area (Å²) in [6, 6.07) is 1.76. The van der Waals surface area contributed by atoms with Gasteiger partial charge in [0.25, 0.3) is 0 Å². The Morgan fingerprint density at radius 3 is 2.79 bits per heavy atom. The number of aliphatic hydroxyl groups excluding tert-OH is 1. The number of amides is 2. The molecule has 0 saturated heterocycles. The monoisotopic (exact) mass is 267 g/mol. The van der Waals surface area contributed by atoms with Gasteiger partial charge in [0.05, 0.1) is 18.8 Å². The smallest absolute Gasteiger partial charge is 0.328 e. The number of nitrogens with zero attached hydrogens (tertiary/aromatic N) is 1. The molecular weight excluding hydrogens is 250 g/mol. The highest BCUT2D eigenvalue weighted by Crippen LogP contribution is 2.05. The fourth-order valence-electron chi connectivity index (χ4n) is 1.51. The first-order valence-corrected chi connectivity index (χ1v) is 5.89. The van der Waals surface area contributed by atoms with E-state index in [0.717, 1.165) is 17.7 Å². The summed E-state index contributed by atoms with van der Waals surface area (Å²) in [4.78, 5) is 26.2. The molecule has 1 heterocycles. The van der Waals surface area contributed by atoms with Crippen molar-refractivity contribution in [1.29, 1.82) is 0 Å². The standard InChI is InChI=1S/C12H17N3O4/c1-2-8-4-3-5-13-9(8)6-14-12(19)15-10(7-16)11(17)18/h3-5,10,16H,2,6-7H2,1H3,(H,17,18)(H2,14,15,19)/t10-/m0/s1. The Balaban J connectivity index is 2.52. The number of hydrogen-bond acceptors (Lipinski definition) is 4. The van der Waals surface area contributed by atoms with Gasteiger partial charge in [-0.3, -0.25) is 4.98 Å². The molecule has 0 spiro atoms. The molecule has 1 rings (SSSR count). The number of pyridine rings is 1. The second-order valence-electron chi connectivity index (χ2n) is 3.86. The Morgan fingerprint density at radius 2 is 2.21 bits per heavy atom. The van der Waals surface area contributed by atoms with Crippen LogP contribution in [0, 0.1) is 0 Å². The molecule has 0 aliphatic rings. The van der Waals surface area contributed by atoms with Crippen molar-refractivity contribution in [2.75, 3.05) is 6.61 Å². The molecule has 0 aliphatic carbocycles. The Morgan fingerprint density at radius 1 is 1.47 bits per heavy atom. The van der Waals surface area contributed by atoms with Gasteiger partial charge in [0.2, 0.25) is 0 Å². The van der Waals surface area contributed by atoms with Gasteiger partial charge < -0.3 is 20.8 Å². The van der Waals surface area contributed by atoms with E-state index in [9.17, 15) is 9.59 Å². The summed E-state index contributed by atoms with van der Waals surface area (Å²) in [6.45, 7) is 1.52. The van der Waals surface area contributed by atoms with Crippen LogP contribution in [0.3, 0.4) is 0 Å². The quantitative estimate of drug-likeness (QED) is 0.574. The van der Waals surface area contributed by atoms with Crippen molar-refractivity contribution < 1.29 is 19.8 Å². The number of carbonyl (C=O) groups excluding carboxylic acids is 1. The number of carbonyl (C=O) groups is 2. The number of hydrogen-bond donors (Lipinski definition) is 4. The molecule has 1 aromatic rings. The molecule has 7 nitrogen and oxygen atoms in total. The predicted molar refractivity (Wildman–Crippen MR) is 67.5 cm³/mol. The molecule has 0 aromatic carbocycles. The van der Waals surface area contributed by atoms with Gasteiger partial charge in [-0.05, 0) is 18.1 Å². The third-order valence-electron chi connectivity index (χ3n) is 2.57. The van der Waals surface area contributed by atoms with Gasteiger partial charge >= 0.3 is 12.0 Å². The third-order valence-corrected chi connectivity index (χ3v) is 2.57. The molecule has 1 aromatic heterocycles. The van der Waals surface area contributed by atoms with E-state index in [1.165, 1.54) is 0 Å². The first kappa shape index (κ1) is 14.9. The lowest BCUT2D eigenvalue weighted by molar-refractivity contribution is -0.140. The minimum atomic E-state index is -1.31. The minimum Gasteiger partial charge on any atom is -0.480 e. The van der Waals surface area contributed by atoms with Crippen LogP contribution in [0.5, 0.6) is 0 Å². The maximum Gasteiger partial charge on any atom is 0.328 e. The number of aliphatic hydroxyl groups is 1. The first-order valence-electron chi connectivity index (χ1n) is 5.89. The summed E-state index contributed by atoms with van der Waals surface area (Å²) in [5.74, 6) is -1.29. The number of carboxylic acid groups (broad SMARTS) is 1. The SMILES string of the molecule is CCc1cccnc1CNC(=O)N[C@@H](CO)C(=O)O. The molecule has 0 saturated carbocycles. The molecule has 0 fully saturated rings. The van der Waals surface area contributed by atoms with Crippen LogP contribution < -0.4 is 10.6 Å². The summed E-state index contributed by atoms with van der Waals surface area (Å²) in [5.41, 5.74) is 1.75. The van der Waals surface area contributed by atoms with E-state index in [4.69, 9.17) is 10.2 Å². The van der Waals surface area contributed by atoms with Crippen molar-refractivity contribution in [3.05, 3.63) is 29.6 Å². The number of carboxylic acids is 1. The fraction of sp³-hybridized carbons (Fsp3) is 0.417. The van der Waals surface area contributed by atoms with Crippen LogP contribution in [-0.4, -0.2) is 39.8 Å². The van der Waals surface area contributed by atoms with E-state index in [2.05, 4.69) is 15.6 Å². The number of urea groups is 1. The van der Waals surface area contributed by atoms with Crippen LogP contribution in [0.4, 0.5) is 4.79 Å². The fourth-order valence-corrected chi connectivity index (χ4v) is 1.51. The van der Waals surface area contributed by atoms with Crippen LogP contribution in [0.1, 0.15) is 18.2 Å².